The Morgan fingerprint density at radius 3 is 2.43 bits per heavy atom. The van der Waals surface area contributed by atoms with Gasteiger partial charge in [0.05, 0.1) is 22.8 Å². The molecule has 3 rings (SSSR count). The van der Waals surface area contributed by atoms with Crippen LogP contribution in [0.25, 0.3) is 0 Å². The fourth-order valence-electron chi connectivity index (χ4n) is 3.09. The first-order valence-corrected chi connectivity index (χ1v) is 10.9. The van der Waals surface area contributed by atoms with Gasteiger partial charge in [-0.1, -0.05) is 29.8 Å². The SMILES string of the molecule is CCOC(=O)c1cc(Cc2cccc(F)c2)n(NS(=O)(=O)c2ccc(C)cc2)c1C. The van der Waals surface area contributed by atoms with Gasteiger partial charge in [0.15, 0.2) is 0 Å². The quantitative estimate of drug-likeness (QED) is 0.576. The molecule has 1 aromatic heterocycles. The third-order valence-electron chi connectivity index (χ3n) is 4.64. The molecule has 6 nitrogen and oxygen atoms in total. The van der Waals surface area contributed by atoms with E-state index in [0.29, 0.717) is 17.0 Å². The van der Waals surface area contributed by atoms with Gasteiger partial charge in [0.25, 0.3) is 10.0 Å². The Morgan fingerprint density at radius 1 is 1.10 bits per heavy atom. The lowest BCUT2D eigenvalue weighted by Crippen LogP contribution is -2.26. The van der Waals surface area contributed by atoms with Crippen molar-refractivity contribution in [1.82, 2.24) is 4.68 Å². The minimum Gasteiger partial charge on any atom is -0.462 e. The molecule has 0 atom stereocenters. The molecule has 0 aliphatic rings. The third kappa shape index (κ3) is 4.71. The maximum atomic E-state index is 13.6. The number of hydrogen-bond acceptors (Lipinski definition) is 4. The number of esters is 1. The largest absolute Gasteiger partial charge is 0.462 e. The molecule has 3 aromatic rings. The molecule has 2 aromatic carbocycles. The van der Waals surface area contributed by atoms with Gasteiger partial charge < -0.3 is 4.74 Å². The Bertz CT molecular complexity index is 1170. The van der Waals surface area contributed by atoms with Gasteiger partial charge in [0.1, 0.15) is 5.82 Å². The van der Waals surface area contributed by atoms with Gasteiger partial charge >= 0.3 is 5.97 Å². The summed E-state index contributed by atoms with van der Waals surface area (Å²) in [7, 11) is -3.91. The highest BCUT2D eigenvalue weighted by molar-refractivity contribution is 7.92. The number of hydrogen-bond donors (Lipinski definition) is 1. The maximum Gasteiger partial charge on any atom is 0.340 e. The molecule has 0 fully saturated rings. The van der Waals surface area contributed by atoms with Crippen LogP contribution < -0.4 is 4.83 Å². The Balaban J connectivity index is 2.04. The van der Waals surface area contributed by atoms with Crippen LogP contribution in [0.15, 0.2) is 59.5 Å². The van der Waals surface area contributed by atoms with Crippen molar-refractivity contribution in [3.05, 3.63) is 88.5 Å². The molecule has 8 heteroatoms. The average Bonchev–Trinajstić information content (AvgIpc) is 2.98. The van der Waals surface area contributed by atoms with E-state index < -0.39 is 21.8 Å². The van der Waals surface area contributed by atoms with Crippen molar-refractivity contribution in [3.8, 4) is 0 Å². The molecule has 0 radical (unpaired) electrons. The summed E-state index contributed by atoms with van der Waals surface area (Å²) in [5.74, 6) is -0.947. The summed E-state index contributed by atoms with van der Waals surface area (Å²) in [6.07, 6.45) is 0.217. The van der Waals surface area contributed by atoms with E-state index in [1.165, 1.54) is 28.9 Å². The molecular formula is C22H23FN2O4S. The Labute approximate surface area is 175 Å². The van der Waals surface area contributed by atoms with E-state index in [4.69, 9.17) is 4.74 Å². The predicted octanol–water partition coefficient (Wildman–Crippen LogP) is 3.94. The summed E-state index contributed by atoms with van der Waals surface area (Å²) in [6.45, 7) is 5.37. The molecule has 0 unspecified atom stereocenters. The van der Waals surface area contributed by atoms with Crippen molar-refractivity contribution in [1.29, 1.82) is 0 Å². The first-order valence-electron chi connectivity index (χ1n) is 9.43. The van der Waals surface area contributed by atoms with E-state index >= 15 is 0 Å². The van der Waals surface area contributed by atoms with Crippen LogP contribution in [0.1, 0.15) is 39.8 Å². The number of rotatable bonds is 7. The van der Waals surface area contributed by atoms with Crippen molar-refractivity contribution in [2.24, 2.45) is 0 Å². The van der Waals surface area contributed by atoms with E-state index in [9.17, 15) is 17.6 Å². The summed E-state index contributed by atoms with van der Waals surface area (Å²) in [5, 5.41) is 0. The highest BCUT2D eigenvalue weighted by Crippen LogP contribution is 2.21. The van der Waals surface area contributed by atoms with E-state index in [1.54, 1.807) is 44.2 Å². The average molecular weight is 431 g/mol. The predicted molar refractivity (Wildman–Crippen MR) is 112 cm³/mol. The number of carbonyl (C=O) groups excluding carboxylic acids is 1. The van der Waals surface area contributed by atoms with Gasteiger partial charge in [-0.25, -0.2) is 14.0 Å². The molecule has 0 aliphatic heterocycles. The second-order valence-corrected chi connectivity index (χ2v) is 8.57. The minimum atomic E-state index is -3.91. The van der Waals surface area contributed by atoms with Gasteiger partial charge in [-0.05, 0) is 56.7 Å². The topological polar surface area (TPSA) is 77.4 Å². The highest BCUT2D eigenvalue weighted by atomic mass is 32.2. The smallest absolute Gasteiger partial charge is 0.340 e. The number of halogens is 1. The molecule has 0 amide bonds. The van der Waals surface area contributed by atoms with E-state index in [-0.39, 0.29) is 23.5 Å². The van der Waals surface area contributed by atoms with Crippen LogP contribution in [0, 0.1) is 19.7 Å². The van der Waals surface area contributed by atoms with Crippen LogP contribution in [0.3, 0.4) is 0 Å². The molecule has 158 valence electrons. The summed E-state index contributed by atoms with van der Waals surface area (Å²) < 4.78 is 45.9. The molecule has 0 aliphatic carbocycles. The van der Waals surface area contributed by atoms with Gasteiger partial charge in [0.2, 0.25) is 0 Å². The summed E-state index contributed by atoms with van der Waals surface area (Å²) >= 11 is 0. The standard InChI is InChI=1S/C22H23FN2O4S/c1-4-29-22(26)21-14-19(13-17-6-5-7-18(23)12-17)25(16(21)3)24-30(27,28)20-10-8-15(2)9-11-20/h5-12,14,24H,4,13H2,1-3H3. The fraction of sp³-hybridized carbons (Fsp3) is 0.227. The van der Waals surface area contributed by atoms with Gasteiger partial charge in [0, 0.05) is 12.1 Å². The van der Waals surface area contributed by atoms with Crippen molar-refractivity contribution >= 4 is 16.0 Å². The molecule has 0 saturated heterocycles. The number of benzene rings is 2. The number of carbonyl (C=O) groups is 1. The Morgan fingerprint density at radius 2 is 1.80 bits per heavy atom. The molecule has 1 heterocycles. The first kappa shape index (κ1) is 21.6. The van der Waals surface area contributed by atoms with Crippen LogP contribution in [0.4, 0.5) is 4.39 Å². The Hall–Kier alpha value is -3.13. The zero-order valence-electron chi connectivity index (χ0n) is 17.0. The van der Waals surface area contributed by atoms with E-state index in [2.05, 4.69) is 4.83 Å². The van der Waals surface area contributed by atoms with Gasteiger partial charge in [-0.15, -0.1) is 0 Å². The van der Waals surface area contributed by atoms with E-state index in [0.717, 1.165) is 5.56 Å². The van der Waals surface area contributed by atoms with Crippen LogP contribution in [0.2, 0.25) is 0 Å². The number of ether oxygens (including phenoxy) is 1. The van der Waals surface area contributed by atoms with Crippen molar-refractivity contribution in [2.45, 2.75) is 32.1 Å². The normalized spacial score (nSPS) is 11.3. The molecule has 0 spiro atoms. The lowest BCUT2D eigenvalue weighted by Gasteiger charge is -2.15. The molecule has 0 bridgehead atoms. The van der Waals surface area contributed by atoms with Crippen LogP contribution >= 0.6 is 0 Å². The third-order valence-corrected chi connectivity index (χ3v) is 5.95. The lowest BCUT2D eigenvalue weighted by molar-refractivity contribution is 0.0525. The zero-order chi connectivity index (χ0) is 21.9. The number of nitrogens with zero attached hydrogens (tertiary/aromatic N) is 1. The molecule has 0 saturated carbocycles. The number of aromatic nitrogens is 1. The number of nitrogens with one attached hydrogen (secondary N) is 1. The van der Waals surface area contributed by atoms with Crippen LogP contribution in [-0.2, 0) is 21.2 Å². The summed E-state index contributed by atoms with van der Waals surface area (Å²) in [5.41, 5.74) is 2.68. The lowest BCUT2D eigenvalue weighted by atomic mass is 10.1. The first-order chi connectivity index (χ1) is 14.2. The fourth-order valence-corrected chi connectivity index (χ4v) is 4.18. The van der Waals surface area contributed by atoms with Gasteiger partial charge in [-0.2, -0.15) is 8.42 Å². The highest BCUT2D eigenvalue weighted by Gasteiger charge is 2.23. The maximum absolute atomic E-state index is 13.6. The number of aryl methyl sites for hydroxylation is 1. The van der Waals surface area contributed by atoms with Crippen molar-refractivity contribution in [2.75, 3.05) is 11.4 Å². The number of sulfonamides is 1. The van der Waals surface area contributed by atoms with Crippen molar-refractivity contribution in [3.63, 3.8) is 0 Å². The molecule has 30 heavy (non-hydrogen) atoms. The minimum absolute atomic E-state index is 0.0931. The zero-order valence-corrected chi connectivity index (χ0v) is 17.8. The van der Waals surface area contributed by atoms with E-state index in [1.807, 2.05) is 6.92 Å². The Kier molecular flexibility index (Phi) is 6.26. The second kappa shape index (κ2) is 8.71. The van der Waals surface area contributed by atoms with Crippen molar-refractivity contribution < 1.29 is 22.3 Å². The van der Waals surface area contributed by atoms with Gasteiger partial charge in [-0.3, -0.25) is 4.68 Å². The second-order valence-electron chi connectivity index (χ2n) is 6.91. The summed E-state index contributed by atoms with van der Waals surface area (Å²) in [4.78, 5) is 15.0. The van der Waals surface area contributed by atoms with Crippen LogP contribution in [-0.4, -0.2) is 25.7 Å². The molecule has 1 N–H and O–H groups in total. The monoisotopic (exact) mass is 430 g/mol. The van der Waals surface area contributed by atoms with Crippen LogP contribution in [0.5, 0.6) is 0 Å². The molecular weight excluding hydrogens is 407 g/mol. The summed E-state index contributed by atoms with van der Waals surface area (Å²) in [6, 6.07) is 14.0.